The van der Waals surface area contributed by atoms with Crippen molar-refractivity contribution >= 4 is 11.3 Å². The normalized spacial score (nSPS) is 11.7. The van der Waals surface area contributed by atoms with Crippen molar-refractivity contribution in [2.75, 3.05) is 20.1 Å². The number of aromatic nitrogens is 1. The molecule has 2 N–H and O–H groups in total. The van der Waals surface area contributed by atoms with Crippen molar-refractivity contribution in [2.24, 2.45) is 5.73 Å². The summed E-state index contributed by atoms with van der Waals surface area (Å²) in [7, 11) is 2.10. The summed E-state index contributed by atoms with van der Waals surface area (Å²) in [6.45, 7) is 4.57. The lowest BCUT2D eigenvalue weighted by Gasteiger charge is -2.12. The van der Waals surface area contributed by atoms with E-state index < -0.39 is 0 Å². The number of likely N-dealkylation sites (N-methyl/N-ethyl adjacent to an activating group) is 1. The molecule has 0 spiro atoms. The van der Waals surface area contributed by atoms with Crippen molar-refractivity contribution in [3.8, 4) is 0 Å². The lowest BCUT2D eigenvalue weighted by atomic mass is 10.3. The van der Waals surface area contributed by atoms with E-state index in [0.29, 0.717) is 6.54 Å². The topological polar surface area (TPSA) is 42.2 Å². The van der Waals surface area contributed by atoms with Gasteiger partial charge in [-0.1, -0.05) is 12.2 Å². The maximum Gasteiger partial charge on any atom is 0.0798 e. The molecule has 1 heterocycles. The molecule has 3 nitrogen and oxygen atoms in total. The molecule has 0 radical (unpaired) electrons. The van der Waals surface area contributed by atoms with Crippen molar-refractivity contribution < 1.29 is 0 Å². The fourth-order valence-electron chi connectivity index (χ4n) is 1.14. The van der Waals surface area contributed by atoms with Gasteiger partial charge in [-0.15, -0.1) is 11.3 Å². The second kappa shape index (κ2) is 5.90. The summed E-state index contributed by atoms with van der Waals surface area (Å²) in [6.07, 6.45) is 4.08. The van der Waals surface area contributed by atoms with Crippen molar-refractivity contribution in [3.63, 3.8) is 0 Å². The zero-order valence-corrected chi connectivity index (χ0v) is 9.55. The average Bonchev–Trinajstić information content (AvgIpc) is 2.52. The van der Waals surface area contributed by atoms with Gasteiger partial charge >= 0.3 is 0 Å². The van der Waals surface area contributed by atoms with Gasteiger partial charge in [-0.3, -0.25) is 4.90 Å². The van der Waals surface area contributed by atoms with Crippen LogP contribution in [-0.2, 0) is 6.54 Å². The van der Waals surface area contributed by atoms with Crippen LogP contribution in [0.5, 0.6) is 0 Å². The van der Waals surface area contributed by atoms with Gasteiger partial charge in [0.1, 0.15) is 0 Å². The van der Waals surface area contributed by atoms with Crippen LogP contribution in [0.3, 0.4) is 0 Å². The highest BCUT2D eigenvalue weighted by Crippen LogP contribution is 2.13. The molecule has 0 aliphatic carbocycles. The van der Waals surface area contributed by atoms with E-state index in [2.05, 4.69) is 29.9 Å². The Balaban J connectivity index is 2.37. The second-order valence-electron chi connectivity index (χ2n) is 3.26. The van der Waals surface area contributed by atoms with Gasteiger partial charge in [0.25, 0.3) is 0 Å². The summed E-state index contributed by atoms with van der Waals surface area (Å²) in [5, 5.41) is 0. The Morgan fingerprint density at radius 2 is 2.36 bits per heavy atom. The minimum absolute atomic E-state index is 0.618. The number of aryl methyl sites for hydroxylation is 1. The zero-order valence-electron chi connectivity index (χ0n) is 8.73. The highest BCUT2D eigenvalue weighted by Gasteiger charge is 2.03. The average molecular weight is 211 g/mol. The molecule has 0 atom stereocenters. The Morgan fingerprint density at radius 3 is 2.93 bits per heavy atom. The van der Waals surface area contributed by atoms with Crippen molar-refractivity contribution in [3.05, 3.63) is 28.2 Å². The molecule has 0 saturated heterocycles. The zero-order chi connectivity index (χ0) is 10.4. The Morgan fingerprint density at radius 1 is 1.57 bits per heavy atom. The first-order valence-electron chi connectivity index (χ1n) is 4.66. The molecule has 1 aromatic heterocycles. The molecule has 0 aliphatic rings. The van der Waals surface area contributed by atoms with Crippen LogP contribution in [0.4, 0.5) is 0 Å². The first-order valence-corrected chi connectivity index (χ1v) is 5.54. The molecular formula is C10H17N3S. The summed E-state index contributed by atoms with van der Waals surface area (Å²) in [5.41, 5.74) is 8.40. The Kier molecular flexibility index (Phi) is 4.79. The van der Waals surface area contributed by atoms with E-state index in [4.69, 9.17) is 5.73 Å². The number of nitrogens with zero attached hydrogens (tertiary/aromatic N) is 2. The molecule has 1 rings (SSSR count). The van der Waals surface area contributed by atoms with Crippen LogP contribution < -0.4 is 5.73 Å². The summed E-state index contributed by atoms with van der Waals surface area (Å²) in [4.78, 5) is 7.80. The van der Waals surface area contributed by atoms with Crippen LogP contribution >= 0.6 is 11.3 Å². The molecule has 0 amide bonds. The number of thiazole rings is 1. The monoisotopic (exact) mass is 211 g/mol. The van der Waals surface area contributed by atoms with E-state index in [9.17, 15) is 0 Å². The van der Waals surface area contributed by atoms with Crippen LogP contribution in [0.2, 0.25) is 0 Å². The van der Waals surface area contributed by atoms with Gasteiger partial charge < -0.3 is 5.73 Å². The van der Waals surface area contributed by atoms with Gasteiger partial charge in [-0.05, 0) is 14.0 Å². The molecule has 0 aliphatic heterocycles. The fourth-order valence-corrected chi connectivity index (χ4v) is 1.99. The van der Waals surface area contributed by atoms with Crippen molar-refractivity contribution in [1.82, 2.24) is 9.88 Å². The highest BCUT2D eigenvalue weighted by atomic mass is 32.1. The SMILES string of the molecule is Cc1ncsc1CN(C)CC=CCN. The number of nitrogens with two attached hydrogens (primary N) is 1. The maximum atomic E-state index is 5.36. The first kappa shape index (κ1) is 11.4. The smallest absolute Gasteiger partial charge is 0.0798 e. The predicted octanol–water partition coefficient (Wildman–Crippen LogP) is 1.40. The summed E-state index contributed by atoms with van der Waals surface area (Å²) >= 11 is 1.72. The third-order valence-corrected chi connectivity index (χ3v) is 2.90. The highest BCUT2D eigenvalue weighted by molar-refractivity contribution is 7.09. The van der Waals surface area contributed by atoms with E-state index in [1.54, 1.807) is 11.3 Å². The van der Waals surface area contributed by atoms with Gasteiger partial charge in [0.2, 0.25) is 0 Å². The van der Waals surface area contributed by atoms with E-state index in [-0.39, 0.29) is 0 Å². The van der Waals surface area contributed by atoms with Gasteiger partial charge in [-0.2, -0.15) is 0 Å². The molecule has 0 fully saturated rings. The van der Waals surface area contributed by atoms with Gasteiger partial charge in [-0.25, -0.2) is 4.98 Å². The minimum Gasteiger partial charge on any atom is -0.327 e. The van der Waals surface area contributed by atoms with E-state index in [0.717, 1.165) is 18.8 Å². The van der Waals surface area contributed by atoms with Crippen LogP contribution in [0.25, 0.3) is 0 Å². The molecular weight excluding hydrogens is 194 g/mol. The number of hydrogen-bond donors (Lipinski definition) is 1. The Hall–Kier alpha value is -0.710. The van der Waals surface area contributed by atoms with Crippen LogP contribution in [0, 0.1) is 6.92 Å². The first-order chi connectivity index (χ1) is 6.74. The van der Waals surface area contributed by atoms with Crippen LogP contribution in [0.1, 0.15) is 10.6 Å². The summed E-state index contributed by atoms with van der Waals surface area (Å²) < 4.78 is 0. The fraction of sp³-hybridized carbons (Fsp3) is 0.500. The van der Waals surface area contributed by atoms with Gasteiger partial charge in [0.15, 0.2) is 0 Å². The van der Waals surface area contributed by atoms with Crippen LogP contribution in [-0.4, -0.2) is 30.0 Å². The quantitative estimate of drug-likeness (QED) is 0.749. The van der Waals surface area contributed by atoms with Crippen molar-refractivity contribution in [2.45, 2.75) is 13.5 Å². The van der Waals surface area contributed by atoms with Gasteiger partial charge in [0.05, 0.1) is 11.2 Å². The lowest BCUT2D eigenvalue weighted by molar-refractivity contribution is 0.365. The number of rotatable bonds is 5. The Bertz CT molecular complexity index is 293. The van der Waals surface area contributed by atoms with Crippen LogP contribution in [0.15, 0.2) is 17.7 Å². The summed E-state index contributed by atoms with van der Waals surface area (Å²) in [5.74, 6) is 0. The molecule has 4 heteroatoms. The molecule has 14 heavy (non-hydrogen) atoms. The van der Waals surface area contributed by atoms with E-state index in [1.807, 2.05) is 11.6 Å². The number of hydrogen-bond acceptors (Lipinski definition) is 4. The lowest BCUT2D eigenvalue weighted by Crippen LogP contribution is -2.17. The summed E-state index contributed by atoms with van der Waals surface area (Å²) in [6, 6.07) is 0. The molecule has 0 saturated carbocycles. The second-order valence-corrected chi connectivity index (χ2v) is 4.20. The third-order valence-electron chi connectivity index (χ3n) is 1.98. The maximum absolute atomic E-state index is 5.36. The molecule has 0 unspecified atom stereocenters. The largest absolute Gasteiger partial charge is 0.327 e. The minimum atomic E-state index is 0.618. The molecule has 0 bridgehead atoms. The van der Waals surface area contributed by atoms with Crippen molar-refractivity contribution in [1.29, 1.82) is 0 Å². The Labute approximate surface area is 89.3 Å². The predicted molar refractivity (Wildman–Crippen MR) is 61.4 cm³/mol. The van der Waals surface area contributed by atoms with E-state index >= 15 is 0 Å². The van der Waals surface area contributed by atoms with Gasteiger partial charge in [0, 0.05) is 24.5 Å². The third kappa shape index (κ3) is 3.57. The molecule has 78 valence electrons. The van der Waals surface area contributed by atoms with E-state index in [1.165, 1.54) is 4.88 Å². The molecule has 0 aromatic carbocycles. The molecule has 1 aromatic rings. The standard InChI is InChI=1S/C10H17N3S/c1-9-10(14-8-12-9)7-13(2)6-4-3-5-11/h3-4,8H,5-7,11H2,1-2H3.